The standard InChI is InChI=1S/C21H27F3N6O3/c1-4-17(31)30-6-5-14(15(11-30)33-3)28-16-10-26-19-18(29-16)13(9-25-19)20(32)27-8-12(2)7-21(22,23)24/h4,9-10,12,14-15H,1,5-8,11H2,2-3H3,(H,25,26)(H,27,32)(H,28,29)/t12-,14+,15-/m1/s1. The molecule has 2 aromatic rings. The number of nitrogens with zero attached hydrogens (tertiary/aromatic N) is 3. The molecule has 9 nitrogen and oxygen atoms in total. The molecule has 1 aliphatic rings. The first-order valence-electron chi connectivity index (χ1n) is 10.5. The Morgan fingerprint density at radius 3 is 2.88 bits per heavy atom. The van der Waals surface area contributed by atoms with Gasteiger partial charge in [-0.25, -0.2) is 9.97 Å². The zero-order valence-corrected chi connectivity index (χ0v) is 18.4. The average Bonchev–Trinajstić information content (AvgIpc) is 3.19. The highest BCUT2D eigenvalue weighted by molar-refractivity contribution is 6.04. The number of methoxy groups -OCH3 is 1. The summed E-state index contributed by atoms with van der Waals surface area (Å²) in [5.74, 6) is -1.04. The molecule has 0 unspecified atom stereocenters. The van der Waals surface area contributed by atoms with Crippen LogP contribution in [0.2, 0.25) is 0 Å². The van der Waals surface area contributed by atoms with Gasteiger partial charge in [0.1, 0.15) is 11.3 Å². The van der Waals surface area contributed by atoms with Crippen LogP contribution in [0.25, 0.3) is 11.2 Å². The van der Waals surface area contributed by atoms with Gasteiger partial charge in [-0.3, -0.25) is 9.59 Å². The zero-order chi connectivity index (χ0) is 24.2. The van der Waals surface area contributed by atoms with Gasteiger partial charge in [0.15, 0.2) is 5.65 Å². The lowest BCUT2D eigenvalue weighted by molar-refractivity contribution is -0.142. The lowest BCUT2D eigenvalue weighted by Crippen LogP contribution is -2.52. The molecule has 12 heteroatoms. The largest absolute Gasteiger partial charge is 0.389 e. The molecule has 0 radical (unpaired) electrons. The van der Waals surface area contributed by atoms with E-state index < -0.39 is 24.4 Å². The number of anilines is 1. The number of hydrogen-bond acceptors (Lipinski definition) is 6. The summed E-state index contributed by atoms with van der Waals surface area (Å²) in [7, 11) is 1.56. The third kappa shape index (κ3) is 6.21. The molecular weight excluding hydrogens is 441 g/mol. The van der Waals surface area contributed by atoms with Crippen LogP contribution in [0.3, 0.4) is 0 Å². The summed E-state index contributed by atoms with van der Waals surface area (Å²) < 4.78 is 43.1. The number of likely N-dealkylation sites (tertiary alicyclic amines) is 1. The number of H-pyrrole nitrogens is 1. The minimum Gasteiger partial charge on any atom is -0.377 e. The number of amides is 2. The third-order valence-corrected chi connectivity index (χ3v) is 5.50. The maximum Gasteiger partial charge on any atom is 0.389 e. The fraction of sp³-hybridized carbons (Fsp3) is 0.524. The second-order valence-electron chi connectivity index (χ2n) is 8.09. The average molecular weight is 468 g/mol. The van der Waals surface area contributed by atoms with E-state index in [0.29, 0.717) is 36.5 Å². The maximum absolute atomic E-state index is 12.6. The highest BCUT2D eigenvalue weighted by Gasteiger charge is 2.32. The van der Waals surface area contributed by atoms with Crippen LogP contribution < -0.4 is 10.6 Å². The number of carbonyl (C=O) groups excluding carboxylic acids is 2. The van der Waals surface area contributed by atoms with Crippen molar-refractivity contribution in [3.8, 4) is 0 Å². The van der Waals surface area contributed by atoms with Crippen LogP contribution in [0, 0.1) is 5.92 Å². The lowest BCUT2D eigenvalue weighted by Gasteiger charge is -2.37. The molecule has 33 heavy (non-hydrogen) atoms. The highest BCUT2D eigenvalue weighted by atomic mass is 19.4. The lowest BCUT2D eigenvalue weighted by atomic mass is 10.0. The van der Waals surface area contributed by atoms with Crippen LogP contribution in [-0.2, 0) is 9.53 Å². The van der Waals surface area contributed by atoms with E-state index in [-0.39, 0.29) is 30.2 Å². The predicted molar refractivity (Wildman–Crippen MR) is 116 cm³/mol. The Hall–Kier alpha value is -3.15. The van der Waals surface area contributed by atoms with Crippen molar-refractivity contribution in [2.45, 2.75) is 38.1 Å². The van der Waals surface area contributed by atoms with Crippen LogP contribution in [-0.4, -0.2) is 76.7 Å². The quantitative estimate of drug-likeness (QED) is 0.514. The first kappa shape index (κ1) is 24.5. The number of halogens is 3. The molecule has 3 rings (SSSR count). The number of rotatable bonds is 8. The van der Waals surface area contributed by atoms with E-state index in [9.17, 15) is 22.8 Å². The molecule has 3 N–H and O–H groups in total. The molecule has 180 valence electrons. The fourth-order valence-corrected chi connectivity index (χ4v) is 3.80. The summed E-state index contributed by atoms with van der Waals surface area (Å²) in [6, 6.07) is -0.143. The first-order chi connectivity index (χ1) is 15.6. The van der Waals surface area contributed by atoms with Crippen LogP contribution >= 0.6 is 0 Å². The van der Waals surface area contributed by atoms with Gasteiger partial charge in [0.25, 0.3) is 5.91 Å². The fourth-order valence-electron chi connectivity index (χ4n) is 3.80. The number of aromatic amines is 1. The van der Waals surface area contributed by atoms with E-state index in [1.807, 2.05) is 0 Å². The van der Waals surface area contributed by atoms with Crippen LogP contribution in [0.1, 0.15) is 30.1 Å². The van der Waals surface area contributed by atoms with Crippen molar-refractivity contribution < 1.29 is 27.5 Å². The number of piperidine rings is 1. The number of ether oxygens (including phenoxy) is 1. The van der Waals surface area contributed by atoms with Crippen LogP contribution in [0.15, 0.2) is 25.0 Å². The number of carbonyl (C=O) groups is 2. The summed E-state index contributed by atoms with van der Waals surface area (Å²) in [6.45, 7) is 5.72. The topological polar surface area (TPSA) is 112 Å². The monoisotopic (exact) mass is 468 g/mol. The predicted octanol–water partition coefficient (Wildman–Crippen LogP) is 2.49. The van der Waals surface area contributed by atoms with Crippen LogP contribution in [0.4, 0.5) is 19.0 Å². The summed E-state index contributed by atoms with van der Waals surface area (Å²) in [5.41, 5.74) is 0.869. The molecule has 0 bridgehead atoms. The number of alkyl halides is 3. The van der Waals surface area contributed by atoms with Crippen molar-refractivity contribution >= 4 is 28.8 Å². The normalized spacial score (nSPS) is 19.8. The molecule has 1 saturated heterocycles. The van der Waals surface area contributed by atoms with E-state index in [1.165, 1.54) is 25.4 Å². The van der Waals surface area contributed by atoms with Crippen molar-refractivity contribution in [1.29, 1.82) is 0 Å². The molecule has 0 saturated carbocycles. The molecule has 1 aliphatic heterocycles. The Morgan fingerprint density at radius 2 is 2.21 bits per heavy atom. The third-order valence-electron chi connectivity index (χ3n) is 5.50. The highest BCUT2D eigenvalue weighted by Crippen LogP contribution is 2.24. The molecule has 2 aromatic heterocycles. The number of hydrogen-bond donors (Lipinski definition) is 3. The SMILES string of the molecule is C=CC(=O)N1CC[C@H](Nc2cnc3[nH]cc(C(=O)NC[C@H](C)CC(F)(F)F)c3n2)[C@H](OC)C1. The van der Waals surface area contributed by atoms with E-state index in [4.69, 9.17) is 4.74 Å². The minimum atomic E-state index is -4.29. The van der Waals surface area contributed by atoms with Crippen molar-refractivity contribution in [3.05, 3.63) is 30.6 Å². The molecular formula is C21H27F3N6O3. The van der Waals surface area contributed by atoms with E-state index in [1.54, 1.807) is 12.0 Å². The molecule has 0 aliphatic carbocycles. The molecule has 1 fully saturated rings. The van der Waals surface area contributed by atoms with Gasteiger partial charge in [-0.15, -0.1) is 0 Å². The molecule has 0 spiro atoms. The number of fused-ring (bicyclic) bond motifs is 1. The Bertz CT molecular complexity index is 1010. The van der Waals surface area contributed by atoms with Gasteiger partial charge in [0.05, 0.1) is 23.9 Å². The van der Waals surface area contributed by atoms with Crippen molar-refractivity contribution in [1.82, 2.24) is 25.2 Å². The van der Waals surface area contributed by atoms with Gasteiger partial charge in [-0.1, -0.05) is 13.5 Å². The Morgan fingerprint density at radius 1 is 1.45 bits per heavy atom. The molecule has 3 heterocycles. The van der Waals surface area contributed by atoms with Crippen molar-refractivity contribution in [2.75, 3.05) is 32.1 Å². The molecule has 3 atom stereocenters. The Kier molecular flexibility index (Phi) is 7.57. The molecule has 0 aromatic carbocycles. The summed E-state index contributed by atoms with van der Waals surface area (Å²) >= 11 is 0. The van der Waals surface area contributed by atoms with Gasteiger partial charge >= 0.3 is 6.18 Å². The van der Waals surface area contributed by atoms with E-state index in [0.717, 1.165) is 0 Å². The van der Waals surface area contributed by atoms with Gasteiger partial charge < -0.3 is 25.3 Å². The Balaban J connectivity index is 1.68. The van der Waals surface area contributed by atoms with E-state index >= 15 is 0 Å². The smallest absolute Gasteiger partial charge is 0.377 e. The van der Waals surface area contributed by atoms with Gasteiger partial charge in [0, 0.05) is 39.4 Å². The number of nitrogens with one attached hydrogen (secondary N) is 3. The summed E-state index contributed by atoms with van der Waals surface area (Å²) in [6.07, 6.45) is -0.740. The maximum atomic E-state index is 12.6. The molecule has 2 amide bonds. The van der Waals surface area contributed by atoms with Crippen molar-refractivity contribution in [3.63, 3.8) is 0 Å². The summed E-state index contributed by atoms with van der Waals surface area (Å²) in [4.78, 5) is 37.7. The second kappa shape index (κ2) is 10.2. The van der Waals surface area contributed by atoms with E-state index in [2.05, 4.69) is 32.2 Å². The van der Waals surface area contributed by atoms with Gasteiger partial charge in [0.2, 0.25) is 5.91 Å². The Labute approximate surface area is 188 Å². The van der Waals surface area contributed by atoms with Gasteiger partial charge in [-0.2, -0.15) is 13.2 Å². The van der Waals surface area contributed by atoms with Gasteiger partial charge in [-0.05, 0) is 18.4 Å². The second-order valence-corrected chi connectivity index (χ2v) is 8.09. The van der Waals surface area contributed by atoms with Crippen molar-refractivity contribution in [2.24, 2.45) is 5.92 Å². The summed E-state index contributed by atoms with van der Waals surface area (Å²) in [5, 5.41) is 5.78. The van der Waals surface area contributed by atoms with Crippen LogP contribution in [0.5, 0.6) is 0 Å². The minimum absolute atomic E-state index is 0.117. The zero-order valence-electron chi connectivity index (χ0n) is 18.4. The number of aromatic nitrogens is 3. The first-order valence-corrected chi connectivity index (χ1v) is 10.5.